The number of amides is 2. The van der Waals surface area contributed by atoms with Gasteiger partial charge in [0.25, 0.3) is 0 Å². The van der Waals surface area contributed by atoms with Gasteiger partial charge in [-0.2, -0.15) is 0 Å². The van der Waals surface area contributed by atoms with Crippen LogP contribution in [0, 0.1) is 0 Å². The molecule has 1 saturated heterocycles. The molecule has 0 bridgehead atoms. The van der Waals surface area contributed by atoms with Gasteiger partial charge in [0.2, 0.25) is 0 Å². The molecule has 1 unspecified atom stereocenters. The molecule has 3 heterocycles. The van der Waals surface area contributed by atoms with Gasteiger partial charge in [0.15, 0.2) is 11.5 Å². The second-order valence-corrected chi connectivity index (χ2v) is 6.60. The maximum atomic E-state index is 13.1. The minimum absolute atomic E-state index is 0.0669. The molecule has 0 aliphatic carbocycles. The van der Waals surface area contributed by atoms with Crippen LogP contribution in [-0.4, -0.2) is 35.7 Å². The summed E-state index contributed by atoms with van der Waals surface area (Å²) in [5.41, 5.74) is 1.79. The molecule has 0 radical (unpaired) electrons. The average Bonchev–Trinajstić information content (AvgIpc) is 2.95. The number of rotatable bonds is 2. The lowest BCUT2D eigenvalue weighted by atomic mass is 10.0. The quantitative estimate of drug-likeness (QED) is 0.886. The number of aromatic nitrogens is 1. The zero-order valence-corrected chi connectivity index (χ0v) is 14.7. The molecule has 0 saturated carbocycles. The fourth-order valence-electron chi connectivity index (χ4n) is 3.64. The van der Waals surface area contributed by atoms with Crippen molar-refractivity contribution in [3.05, 3.63) is 48.3 Å². The number of carbonyl (C=O) groups is 1. The van der Waals surface area contributed by atoms with E-state index in [9.17, 15) is 4.79 Å². The zero-order valence-electron chi connectivity index (χ0n) is 14.7. The Kier molecular flexibility index (Phi) is 4.91. The van der Waals surface area contributed by atoms with Gasteiger partial charge >= 0.3 is 6.03 Å². The number of anilines is 1. The molecule has 136 valence electrons. The summed E-state index contributed by atoms with van der Waals surface area (Å²) in [4.78, 5) is 19.1. The molecule has 2 amide bonds. The van der Waals surface area contributed by atoms with Crippen molar-refractivity contribution in [1.82, 2.24) is 9.88 Å². The first kappa shape index (κ1) is 16.7. The Hall–Kier alpha value is -2.76. The van der Waals surface area contributed by atoms with E-state index in [4.69, 9.17) is 9.47 Å². The number of nitrogens with one attached hydrogen (secondary N) is 1. The van der Waals surface area contributed by atoms with Crippen LogP contribution in [0.3, 0.4) is 0 Å². The van der Waals surface area contributed by atoms with Gasteiger partial charge in [0.05, 0.1) is 11.7 Å². The van der Waals surface area contributed by atoms with Crippen molar-refractivity contribution >= 4 is 11.7 Å². The van der Waals surface area contributed by atoms with E-state index in [-0.39, 0.29) is 12.1 Å². The lowest BCUT2D eigenvalue weighted by Gasteiger charge is -2.31. The number of hydrogen-bond acceptors (Lipinski definition) is 4. The van der Waals surface area contributed by atoms with Gasteiger partial charge < -0.3 is 19.7 Å². The van der Waals surface area contributed by atoms with E-state index < -0.39 is 0 Å². The van der Waals surface area contributed by atoms with Crippen molar-refractivity contribution in [3.63, 3.8) is 0 Å². The van der Waals surface area contributed by atoms with Gasteiger partial charge in [-0.25, -0.2) is 4.79 Å². The lowest BCUT2D eigenvalue weighted by molar-refractivity contribution is 0.171. The zero-order chi connectivity index (χ0) is 17.8. The van der Waals surface area contributed by atoms with Gasteiger partial charge in [0.1, 0.15) is 13.2 Å². The molecule has 4 rings (SSSR count). The fourth-order valence-corrected chi connectivity index (χ4v) is 3.64. The van der Waals surface area contributed by atoms with E-state index in [0.29, 0.717) is 30.4 Å². The molecular weight excluding hydrogens is 330 g/mol. The first-order chi connectivity index (χ1) is 12.8. The van der Waals surface area contributed by atoms with Crippen molar-refractivity contribution < 1.29 is 14.3 Å². The summed E-state index contributed by atoms with van der Waals surface area (Å²) < 4.78 is 11.3. The minimum Gasteiger partial charge on any atom is -0.486 e. The third kappa shape index (κ3) is 3.45. The van der Waals surface area contributed by atoms with E-state index in [0.717, 1.165) is 37.8 Å². The third-order valence-corrected chi connectivity index (χ3v) is 4.91. The average molecular weight is 353 g/mol. The molecule has 0 spiro atoms. The highest BCUT2D eigenvalue weighted by atomic mass is 16.6. The highest BCUT2D eigenvalue weighted by Gasteiger charge is 2.28. The fraction of sp³-hybridized carbons (Fsp3) is 0.400. The summed E-state index contributed by atoms with van der Waals surface area (Å²) in [7, 11) is 0. The van der Waals surface area contributed by atoms with Crippen LogP contribution in [0.15, 0.2) is 42.7 Å². The number of pyridine rings is 1. The Labute approximate surface area is 153 Å². The number of fused-ring (bicyclic) bond motifs is 1. The highest BCUT2D eigenvalue weighted by molar-refractivity contribution is 5.92. The molecule has 2 aliphatic rings. The van der Waals surface area contributed by atoms with E-state index >= 15 is 0 Å². The number of urea groups is 1. The van der Waals surface area contributed by atoms with Crippen LogP contribution in [0.5, 0.6) is 11.5 Å². The van der Waals surface area contributed by atoms with Gasteiger partial charge in [-0.1, -0.05) is 18.9 Å². The maximum Gasteiger partial charge on any atom is 0.322 e. The van der Waals surface area contributed by atoms with E-state index in [1.165, 1.54) is 0 Å². The number of para-hydroxylation sites is 1. The van der Waals surface area contributed by atoms with E-state index in [1.807, 2.05) is 35.2 Å². The normalized spacial score (nSPS) is 19.5. The van der Waals surface area contributed by atoms with Crippen LogP contribution >= 0.6 is 0 Å². The van der Waals surface area contributed by atoms with Crippen molar-refractivity contribution in [2.45, 2.75) is 31.7 Å². The topological polar surface area (TPSA) is 63.7 Å². The molecule has 2 aliphatic heterocycles. The third-order valence-electron chi connectivity index (χ3n) is 4.91. The first-order valence-corrected chi connectivity index (χ1v) is 9.19. The van der Waals surface area contributed by atoms with Crippen LogP contribution in [-0.2, 0) is 0 Å². The molecule has 6 heteroatoms. The van der Waals surface area contributed by atoms with Crippen LogP contribution in [0.2, 0.25) is 0 Å². The predicted octanol–water partition coefficient (Wildman–Crippen LogP) is 4.00. The standard InChI is InChI=1S/C20H23N3O3/c24-20(22-16-5-4-7-18-19(16)26-14-13-25-18)23-12-3-1-2-6-17(23)15-8-10-21-11-9-15/h4-5,7-11,17H,1-3,6,12-14H2,(H,22,24). The maximum absolute atomic E-state index is 13.1. The molecule has 1 fully saturated rings. The Morgan fingerprint density at radius 1 is 1.08 bits per heavy atom. The molecule has 1 aromatic heterocycles. The van der Waals surface area contributed by atoms with Gasteiger partial charge in [-0.3, -0.25) is 4.98 Å². The Morgan fingerprint density at radius 2 is 1.92 bits per heavy atom. The summed E-state index contributed by atoms with van der Waals surface area (Å²) >= 11 is 0. The monoisotopic (exact) mass is 353 g/mol. The number of carbonyl (C=O) groups excluding carboxylic acids is 1. The Bertz CT molecular complexity index is 766. The SMILES string of the molecule is O=C(Nc1cccc2c1OCCO2)N1CCCCCC1c1ccncc1. The Morgan fingerprint density at radius 3 is 2.81 bits per heavy atom. The van der Waals surface area contributed by atoms with Gasteiger partial charge in [-0.05, 0) is 42.7 Å². The van der Waals surface area contributed by atoms with Crippen LogP contribution in [0.25, 0.3) is 0 Å². The highest BCUT2D eigenvalue weighted by Crippen LogP contribution is 2.38. The second kappa shape index (κ2) is 7.64. The van der Waals surface area contributed by atoms with Crippen LogP contribution in [0.1, 0.15) is 37.3 Å². The molecule has 2 aromatic rings. The van der Waals surface area contributed by atoms with Crippen LogP contribution in [0.4, 0.5) is 10.5 Å². The molecule has 1 atom stereocenters. The van der Waals surface area contributed by atoms with Crippen molar-refractivity contribution in [1.29, 1.82) is 0 Å². The number of likely N-dealkylation sites (tertiary alicyclic amines) is 1. The second-order valence-electron chi connectivity index (χ2n) is 6.60. The molecular formula is C20H23N3O3. The number of hydrogen-bond donors (Lipinski definition) is 1. The summed E-state index contributed by atoms with van der Waals surface area (Å²) in [6.45, 7) is 1.76. The predicted molar refractivity (Wildman–Crippen MR) is 98.6 cm³/mol. The van der Waals surface area contributed by atoms with Crippen molar-refractivity contribution in [2.75, 3.05) is 25.1 Å². The van der Waals surface area contributed by atoms with Crippen molar-refractivity contribution in [2.24, 2.45) is 0 Å². The summed E-state index contributed by atoms with van der Waals surface area (Å²) in [5, 5.41) is 3.03. The van der Waals surface area contributed by atoms with E-state index in [1.54, 1.807) is 12.4 Å². The van der Waals surface area contributed by atoms with Gasteiger partial charge in [-0.15, -0.1) is 0 Å². The lowest BCUT2D eigenvalue weighted by Crippen LogP contribution is -2.38. The number of benzene rings is 1. The summed E-state index contributed by atoms with van der Waals surface area (Å²) in [5.74, 6) is 1.29. The number of nitrogens with zero attached hydrogens (tertiary/aromatic N) is 2. The van der Waals surface area contributed by atoms with Crippen molar-refractivity contribution in [3.8, 4) is 11.5 Å². The van der Waals surface area contributed by atoms with E-state index in [2.05, 4.69) is 10.3 Å². The smallest absolute Gasteiger partial charge is 0.322 e. The summed E-state index contributed by atoms with van der Waals surface area (Å²) in [6.07, 6.45) is 7.81. The number of ether oxygens (including phenoxy) is 2. The largest absolute Gasteiger partial charge is 0.486 e. The van der Waals surface area contributed by atoms with Crippen LogP contribution < -0.4 is 14.8 Å². The minimum atomic E-state index is -0.101. The summed E-state index contributed by atoms with van der Waals surface area (Å²) in [6, 6.07) is 9.54. The molecule has 26 heavy (non-hydrogen) atoms. The van der Waals surface area contributed by atoms with Gasteiger partial charge in [0, 0.05) is 18.9 Å². The molecule has 1 N–H and O–H groups in total. The molecule has 6 nitrogen and oxygen atoms in total. The molecule has 1 aromatic carbocycles. The Balaban J connectivity index is 1.57. The first-order valence-electron chi connectivity index (χ1n) is 9.19.